The third kappa shape index (κ3) is 5.03. The van der Waals surface area contributed by atoms with Crippen LogP contribution in [0.25, 0.3) is 0 Å². The Kier molecular flexibility index (Phi) is 6.10. The molecule has 2 rings (SSSR count). The van der Waals surface area contributed by atoms with Crippen LogP contribution in [0.15, 0.2) is 18.3 Å². The van der Waals surface area contributed by atoms with Crippen molar-refractivity contribution in [3.05, 3.63) is 24.0 Å². The SMILES string of the molecule is Cc1ncccc1NC(=O)C(=O)NC[C@@H]1CCCN1CC(C)C. The summed E-state index contributed by atoms with van der Waals surface area (Å²) in [6.45, 7) is 8.79. The number of carbonyl (C=O) groups excluding carboxylic acids is 2. The van der Waals surface area contributed by atoms with Crippen molar-refractivity contribution in [3.63, 3.8) is 0 Å². The van der Waals surface area contributed by atoms with Crippen molar-refractivity contribution in [1.29, 1.82) is 0 Å². The van der Waals surface area contributed by atoms with Gasteiger partial charge in [0.25, 0.3) is 0 Å². The zero-order valence-electron chi connectivity index (χ0n) is 14.1. The average molecular weight is 318 g/mol. The first-order chi connectivity index (χ1) is 11.0. The van der Waals surface area contributed by atoms with E-state index in [0.29, 0.717) is 29.9 Å². The van der Waals surface area contributed by atoms with Gasteiger partial charge in [-0.25, -0.2) is 0 Å². The molecule has 23 heavy (non-hydrogen) atoms. The van der Waals surface area contributed by atoms with Gasteiger partial charge < -0.3 is 10.6 Å². The normalized spacial score (nSPS) is 18.2. The zero-order chi connectivity index (χ0) is 16.8. The number of hydrogen-bond donors (Lipinski definition) is 2. The van der Waals surface area contributed by atoms with Crippen molar-refractivity contribution in [3.8, 4) is 0 Å². The summed E-state index contributed by atoms with van der Waals surface area (Å²) in [4.78, 5) is 30.4. The van der Waals surface area contributed by atoms with Crippen LogP contribution < -0.4 is 10.6 Å². The number of aromatic nitrogens is 1. The molecule has 6 nitrogen and oxygen atoms in total. The first-order valence-corrected chi connectivity index (χ1v) is 8.22. The Morgan fingerprint density at radius 1 is 1.39 bits per heavy atom. The number of hydrogen-bond acceptors (Lipinski definition) is 4. The molecule has 126 valence electrons. The highest BCUT2D eigenvalue weighted by Crippen LogP contribution is 2.18. The molecule has 2 heterocycles. The van der Waals surface area contributed by atoms with Crippen molar-refractivity contribution in [2.45, 2.75) is 39.7 Å². The summed E-state index contributed by atoms with van der Waals surface area (Å²) >= 11 is 0. The Bertz CT molecular complexity index is 559. The van der Waals surface area contributed by atoms with Crippen LogP contribution in [0.5, 0.6) is 0 Å². The molecule has 0 radical (unpaired) electrons. The highest BCUT2D eigenvalue weighted by molar-refractivity contribution is 6.39. The molecular weight excluding hydrogens is 292 g/mol. The van der Waals surface area contributed by atoms with Gasteiger partial charge >= 0.3 is 11.8 Å². The Labute approximate surface area is 137 Å². The Morgan fingerprint density at radius 3 is 2.87 bits per heavy atom. The van der Waals surface area contributed by atoms with Gasteiger partial charge in [-0.2, -0.15) is 0 Å². The lowest BCUT2D eigenvalue weighted by Crippen LogP contribution is -2.44. The summed E-state index contributed by atoms with van der Waals surface area (Å²) in [5, 5.41) is 5.36. The van der Waals surface area contributed by atoms with Gasteiger partial charge in [0, 0.05) is 25.3 Å². The molecule has 2 N–H and O–H groups in total. The predicted molar refractivity (Wildman–Crippen MR) is 90.0 cm³/mol. The van der Waals surface area contributed by atoms with Gasteiger partial charge in [-0.3, -0.25) is 19.5 Å². The molecule has 1 atom stereocenters. The summed E-state index contributed by atoms with van der Waals surface area (Å²) in [5.74, 6) is -0.637. The standard InChI is InChI=1S/C17H26N4O2/c1-12(2)11-21-9-5-6-14(21)10-19-16(22)17(23)20-15-7-4-8-18-13(15)3/h4,7-8,12,14H,5-6,9-11H2,1-3H3,(H,19,22)(H,20,23)/t14-/m0/s1. The second-order valence-corrected chi connectivity index (χ2v) is 6.49. The maximum Gasteiger partial charge on any atom is 0.313 e. The van der Waals surface area contributed by atoms with Crippen molar-refractivity contribution in [1.82, 2.24) is 15.2 Å². The van der Waals surface area contributed by atoms with Gasteiger partial charge in [0.15, 0.2) is 0 Å². The van der Waals surface area contributed by atoms with Crippen LogP contribution in [0.3, 0.4) is 0 Å². The minimum absolute atomic E-state index is 0.328. The van der Waals surface area contributed by atoms with Crippen LogP contribution in [0.2, 0.25) is 0 Å². The summed E-state index contributed by atoms with van der Waals surface area (Å²) in [6.07, 6.45) is 3.86. The molecule has 0 unspecified atom stereocenters. The molecule has 1 aromatic heterocycles. The molecule has 1 fully saturated rings. The summed E-state index contributed by atoms with van der Waals surface area (Å²) in [7, 11) is 0. The summed E-state index contributed by atoms with van der Waals surface area (Å²) in [6, 6.07) is 3.78. The van der Waals surface area contributed by atoms with E-state index >= 15 is 0 Å². The maximum atomic E-state index is 12.0. The van der Waals surface area contributed by atoms with E-state index in [1.165, 1.54) is 0 Å². The fourth-order valence-corrected chi connectivity index (χ4v) is 2.92. The van der Waals surface area contributed by atoms with E-state index in [1.54, 1.807) is 25.3 Å². The van der Waals surface area contributed by atoms with Crippen molar-refractivity contribution in [2.75, 3.05) is 25.0 Å². The van der Waals surface area contributed by atoms with Crippen LogP contribution >= 0.6 is 0 Å². The lowest BCUT2D eigenvalue weighted by atomic mass is 10.1. The second kappa shape index (κ2) is 8.06. The van der Waals surface area contributed by atoms with Gasteiger partial charge in [-0.05, 0) is 44.4 Å². The highest BCUT2D eigenvalue weighted by atomic mass is 16.2. The minimum atomic E-state index is -0.644. The lowest BCUT2D eigenvalue weighted by Gasteiger charge is -2.26. The summed E-state index contributed by atoms with van der Waals surface area (Å²) in [5.41, 5.74) is 1.25. The summed E-state index contributed by atoms with van der Waals surface area (Å²) < 4.78 is 0. The van der Waals surface area contributed by atoms with Gasteiger partial charge in [-0.1, -0.05) is 13.8 Å². The number of carbonyl (C=O) groups is 2. The molecular formula is C17H26N4O2. The number of aryl methyl sites for hydroxylation is 1. The van der Waals surface area contributed by atoms with Crippen molar-refractivity contribution >= 4 is 17.5 Å². The third-order valence-corrected chi connectivity index (χ3v) is 4.06. The van der Waals surface area contributed by atoms with Gasteiger partial charge in [0.2, 0.25) is 0 Å². The first kappa shape index (κ1) is 17.4. The first-order valence-electron chi connectivity index (χ1n) is 8.22. The fraction of sp³-hybridized carbons (Fsp3) is 0.588. The predicted octanol–water partition coefficient (Wildman–Crippen LogP) is 1.57. The van der Waals surface area contributed by atoms with Crippen molar-refractivity contribution in [2.24, 2.45) is 5.92 Å². The molecule has 1 aliphatic heterocycles. The quantitative estimate of drug-likeness (QED) is 0.808. The Hall–Kier alpha value is -1.95. The van der Waals surface area contributed by atoms with Crippen LogP contribution in [-0.4, -0.2) is 47.4 Å². The fourth-order valence-electron chi connectivity index (χ4n) is 2.92. The molecule has 0 spiro atoms. The lowest BCUT2D eigenvalue weighted by molar-refractivity contribution is -0.136. The largest absolute Gasteiger partial charge is 0.346 e. The second-order valence-electron chi connectivity index (χ2n) is 6.49. The molecule has 0 aliphatic carbocycles. The molecule has 1 aliphatic rings. The van der Waals surface area contributed by atoms with E-state index in [-0.39, 0.29) is 0 Å². The van der Waals surface area contributed by atoms with E-state index in [4.69, 9.17) is 0 Å². The van der Waals surface area contributed by atoms with E-state index in [9.17, 15) is 9.59 Å². The smallest absolute Gasteiger partial charge is 0.313 e. The topological polar surface area (TPSA) is 74.3 Å². The Balaban J connectivity index is 1.82. The number of nitrogens with one attached hydrogen (secondary N) is 2. The molecule has 6 heteroatoms. The molecule has 1 saturated heterocycles. The molecule has 1 aromatic rings. The highest BCUT2D eigenvalue weighted by Gasteiger charge is 2.26. The Morgan fingerprint density at radius 2 is 2.17 bits per heavy atom. The number of anilines is 1. The molecule has 0 bridgehead atoms. The maximum absolute atomic E-state index is 12.0. The van der Waals surface area contributed by atoms with E-state index in [2.05, 4.69) is 34.4 Å². The number of pyridine rings is 1. The molecule has 0 saturated carbocycles. The van der Waals surface area contributed by atoms with Gasteiger partial charge in [-0.15, -0.1) is 0 Å². The number of nitrogens with zero attached hydrogens (tertiary/aromatic N) is 2. The van der Waals surface area contributed by atoms with Crippen LogP contribution in [0.4, 0.5) is 5.69 Å². The molecule has 0 aromatic carbocycles. The van der Waals surface area contributed by atoms with Gasteiger partial charge in [0.1, 0.15) is 0 Å². The van der Waals surface area contributed by atoms with Crippen LogP contribution in [-0.2, 0) is 9.59 Å². The third-order valence-electron chi connectivity index (χ3n) is 4.06. The zero-order valence-corrected chi connectivity index (χ0v) is 14.1. The molecule has 2 amide bonds. The minimum Gasteiger partial charge on any atom is -0.346 e. The van der Waals surface area contributed by atoms with Crippen LogP contribution in [0.1, 0.15) is 32.4 Å². The van der Waals surface area contributed by atoms with E-state index in [1.807, 2.05) is 0 Å². The average Bonchev–Trinajstić information content (AvgIpc) is 2.93. The van der Waals surface area contributed by atoms with E-state index < -0.39 is 11.8 Å². The number of likely N-dealkylation sites (tertiary alicyclic amines) is 1. The van der Waals surface area contributed by atoms with Gasteiger partial charge in [0.05, 0.1) is 11.4 Å². The van der Waals surface area contributed by atoms with Crippen LogP contribution in [0, 0.1) is 12.8 Å². The number of rotatable bonds is 5. The monoisotopic (exact) mass is 318 g/mol. The van der Waals surface area contributed by atoms with Crippen molar-refractivity contribution < 1.29 is 9.59 Å². The van der Waals surface area contributed by atoms with E-state index in [0.717, 1.165) is 25.9 Å². The number of amides is 2.